The number of methoxy groups -OCH3 is 1. The van der Waals surface area contributed by atoms with Crippen LogP contribution in [-0.4, -0.2) is 40.5 Å². The molecule has 1 aliphatic carbocycles. The Kier molecular flexibility index (Phi) is 3.16. The van der Waals surface area contributed by atoms with E-state index in [-0.39, 0.29) is 6.10 Å². The smallest absolute Gasteiger partial charge is 0.0894 e. The van der Waals surface area contributed by atoms with Crippen LogP contribution in [0.15, 0.2) is 12.3 Å². The summed E-state index contributed by atoms with van der Waals surface area (Å²) in [5.74, 6) is 0. The molecule has 2 aliphatic rings. The van der Waals surface area contributed by atoms with Crippen molar-refractivity contribution in [3.8, 4) is 0 Å². The number of hydrogen-bond donors (Lipinski definition) is 0. The maximum absolute atomic E-state index is 5.58. The Morgan fingerprint density at radius 2 is 2.12 bits per heavy atom. The van der Waals surface area contributed by atoms with Crippen LogP contribution in [0.3, 0.4) is 0 Å². The van der Waals surface area contributed by atoms with Crippen LogP contribution >= 0.6 is 0 Å². The van der Waals surface area contributed by atoms with Crippen LogP contribution in [0.5, 0.6) is 0 Å². The lowest BCUT2D eigenvalue weighted by atomic mass is 10.2. The third-order valence-electron chi connectivity index (χ3n) is 4.16. The minimum Gasteiger partial charge on any atom is -0.378 e. The third kappa shape index (κ3) is 2.24. The van der Waals surface area contributed by atoms with E-state index in [2.05, 4.69) is 20.7 Å². The second kappa shape index (κ2) is 4.78. The van der Waals surface area contributed by atoms with Gasteiger partial charge in [0, 0.05) is 32.4 Å². The quantitative estimate of drug-likeness (QED) is 0.781. The summed E-state index contributed by atoms with van der Waals surface area (Å²) in [5.41, 5.74) is 1.33. The van der Waals surface area contributed by atoms with Crippen LogP contribution in [0.4, 0.5) is 0 Å². The molecule has 0 amide bonds. The van der Waals surface area contributed by atoms with Gasteiger partial charge in [0.05, 0.1) is 18.3 Å². The molecule has 1 aromatic heterocycles. The fourth-order valence-corrected chi connectivity index (χ4v) is 3.14. The van der Waals surface area contributed by atoms with Crippen molar-refractivity contribution in [1.82, 2.24) is 14.7 Å². The molecule has 0 N–H and O–H groups in total. The molecular weight excluding hydrogens is 214 g/mol. The van der Waals surface area contributed by atoms with Gasteiger partial charge in [0.15, 0.2) is 0 Å². The van der Waals surface area contributed by atoms with Gasteiger partial charge in [-0.15, -0.1) is 0 Å². The second-order valence-corrected chi connectivity index (χ2v) is 5.23. The van der Waals surface area contributed by atoms with E-state index in [1.807, 2.05) is 13.3 Å². The molecule has 1 fully saturated rings. The van der Waals surface area contributed by atoms with E-state index in [0.717, 1.165) is 25.7 Å². The van der Waals surface area contributed by atoms with Gasteiger partial charge in [0.25, 0.3) is 0 Å². The summed E-state index contributed by atoms with van der Waals surface area (Å²) in [6.07, 6.45) is 7.66. The Labute approximate surface area is 103 Å². The van der Waals surface area contributed by atoms with E-state index < -0.39 is 0 Å². The first-order chi connectivity index (χ1) is 8.36. The summed E-state index contributed by atoms with van der Waals surface area (Å²) < 4.78 is 7.69. The zero-order valence-electron chi connectivity index (χ0n) is 10.5. The molecule has 1 aliphatic heterocycles. The van der Waals surface area contributed by atoms with Crippen molar-refractivity contribution in [2.45, 2.75) is 50.9 Å². The minimum absolute atomic E-state index is 0.275. The van der Waals surface area contributed by atoms with Gasteiger partial charge in [0.1, 0.15) is 0 Å². The summed E-state index contributed by atoms with van der Waals surface area (Å²) in [6, 6.07) is 2.90. The first-order valence-corrected chi connectivity index (χ1v) is 6.64. The third-order valence-corrected chi connectivity index (χ3v) is 4.16. The summed E-state index contributed by atoms with van der Waals surface area (Å²) in [4.78, 5) is 2.60. The largest absolute Gasteiger partial charge is 0.378 e. The molecule has 0 aromatic carbocycles. The molecule has 3 rings (SSSR count). The van der Waals surface area contributed by atoms with Crippen LogP contribution < -0.4 is 0 Å². The maximum atomic E-state index is 5.58. The second-order valence-electron chi connectivity index (χ2n) is 5.23. The van der Waals surface area contributed by atoms with Crippen molar-refractivity contribution in [1.29, 1.82) is 0 Å². The predicted octanol–water partition coefficient (Wildman–Crippen LogP) is 1.66. The predicted molar refractivity (Wildman–Crippen MR) is 65.7 cm³/mol. The average Bonchev–Trinajstić information content (AvgIpc) is 2.97. The van der Waals surface area contributed by atoms with E-state index in [9.17, 15) is 0 Å². The first-order valence-electron chi connectivity index (χ1n) is 6.64. The zero-order chi connectivity index (χ0) is 11.7. The maximum Gasteiger partial charge on any atom is 0.0894 e. The molecule has 1 aromatic rings. The number of nitrogens with zero attached hydrogens (tertiary/aromatic N) is 3. The zero-order valence-corrected chi connectivity index (χ0v) is 10.5. The molecular formula is C13H21N3O. The molecule has 17 heavy (non-hydrogen) atoms. The highest BCUT2D eigenvalue weighted by molar-refractivity contribution is 5.03. The normalized spacial score (nSPS) is 27.0. The molecule has 1 atom stereocenters. The van der Waals surface area contributed by atoms with E-state index in [1.165, 1.54) is 31.4 Å². The van der Waals surface area contributed by atoms with E-state index in [0.29, 0.717) is 0 Å². The summed E-state index contributed by atoms with van der Waals surface area (Å²) >= 11 is 0. The molecule has 0 bridgehead atoms. The van der Waals surface area contributed by atoms with E-state index >= 15 is 0 Å². The molecule has 0 spiro atoms. The van der Waals surface area contributed by atoms with Gasteiger partial charge in [0.2, 0.25) is 0 Å². The number of hydrogen-bond acceptors (Lipinski definition) is 3. The molecule has 4 heteroatoms. The van der Waals surface area contributed by atoms with E-state index in [1.54, 1.807) is 0 Å². The number of rotatable bonds is 2. The topological polar surface area (TPSA) is 30.3 Å². The molecule has 4 nitrogen and oxygen atoms in total. The van der Waals surface area contributed by atoms with Gasteiger partial charge in [-0.3, -0.25) is 9.58 Å². The number of fused-ring (bicyclic) bond motifs is 1. The minimum atomic E-state index is 0.275. The Morgan fingerprint density at radius 1 is 1.29 bits per heavy atom. The monoisotopic (exact) mass is 235 g/mol. The van der Waals surface area contributed by atoms with Gasteiger partial charge in [-0.1, -0.05) is 12.8 Å². The van der Waals surface area contributed by atoms with Crippen molar-refractivity contribution in [2.75, 3.05) is 13.7 Å². The van der Waals surface area contributed by atoms with Crippen molar-refractivity contribution < 1.29 is 4.74 Å². The molecule has 2 heterocycles. The highest BCUT2D eigenvalue weighted by atomic mass is 16.5. The Morgan fingerprint density at radius 3 is 2.88 bits per heavy atom. The Balaban J connectivity index is 1.80. The van der Waals surface area contributed by atoms with Gasteiger partial charge in [-0.25, -0.2) is 0 Å². The van der Waals surface area contributed by atoms with Gasteiger partial charge >= 0.3 is 0 Å². The number of ether oxygens (including phenoxy) is 1. The highest BCUT2D eigenvalue weighted by Gasteiger charge is 2.28. The van der Waals surface area contributed by atoms with Gasteiger partial charge < -0.3 is 4.74 Å². The van der Waals surface area contributed by atoms with Gasteiger partial charge in [-0.05, 0) is 18.9 Å². The SMILES string of the molecule is COC1CN(C2CCCC2)Cc2ccnn2C1. The van der Waals surface area contributed by atoms with Crippen molar-refractivity contribution in [3.63, 3.8) is 0 Å². The van der Waals surface area contributed by atoms with Crippen molar-refractivity contribution >= 4 is 0 Å². The van der Waals surface area contributed by atoms with Crippen molar-refractivity contribution in [2.24, 2.45) is 0 Å². The first kappa shape index (κ1) is 11.2. The lowest BCUT2D eigenvalue weighted by Gasteiger charge is -2.28. The summed E-state index contributed by atoms with van der Waals surface area (Å²) in [7, 11) is 1.81. The molecule has 1 saturated carbocycles. The lowest BCUT2D eigenvalue weighted by Crippen LogP contribution is -2.38. The van der Waals surface area contributed by atoms with Crippen LogP contribution in [-0.2, 0) is 17.8 Å². The lowest BCUT2D eigenvalue weighted by molar-refractivity contribution is 0.0437. The number of aromatic nitrogens is 2. The standard InChI is InChI=1S/C13H21N3O/c1-17-13-9-15(11-4-2-3-5-11)8-12-6-7-14-16(12)10-13/h6-7,11,13H,2-5,8-10H2,1H3. The molecule has 1 unspecified atom stereocenters. The van der Waals surface area contributed by atoms with Gasteiger partial charge in [-0.2, -0.15) is 5.10 Å². The Bertz CT molecular complexity index is 370. The fourth-order valence-electron chi connectivity index (χ4n) is 3.14. The van der Waals surface area contributed by atoms with Crippen LogP contribution in [0.1, 0.15) is 31.4 Å². The molecule has 0 radical (unpaired) electrons. The Hall–Kier alpha value is -0.870. The van der Waals surface area contributed by atoms with Crippen LogP contribution in [0.25, 0.3) is 0 Å². The highest BCUT2D eigenvalue weighted by Crippen LogP contribution is 2.26. The molecule has 0 saturated heterocycles. The summed E-state index contributed by atoms with van der Waals surface area (Å²) in [5, 5.41) is 4.39. The average molecular weight is 235 g/mol. The molecule has 94 valence electrons. The fraction of sp³-hybridized carbons (Fsp3) is 0.769. The van der Waals surface area contributed by atoms with Crippen LogP contribution in [0.2, 0.25) is 0 Å². The van der Waals surface area contributed by atoms with Crippen LogP contribution in [0, 0.1) is 0 Å². The van der Waals surface area contributed by atoms with Crippen molar-refractivity contribution in [3.05, 3.63) is 18.0 Å². The van der Waals surface area contributed by atoms with E-state index in [4.69, 9.17) is 4.74 Å². The summed E-state index contributed by atoms with van der Waals surface area (Å²) in [6.45, 7) is 2.97.